The third-order valence-corrected chi connectivity index (χ3v) is 3.31. The number of hydrogen-bond acceptors (Lipinski definition) is 3. The van der Waals surface area contributed by atoms with Crippen molar-refractivity contribution in [3.63, 3.8) is 0 Å². The van der Waals surface area contributed by atoms with Crippen molar-refractivity contribution in [2.75, 3.05) is 20.2 Å². The van der Waals surface area contributed by atoms with E-state index in [1.165, 1.54) is 25.9 Å². The molecule has 0 unspecified atom stereocenters. The molecule has 0 bridgehead atoms. The van der Waals surface area contributed by atoms with Crippen LogP contribution in [0.25, 0.3) is 11.0 Å². The second-order valence-electron chi connectivity index (χ2n) is 4.55. The van der Waals surface area contributed by atoms with E-state index in [2.05, 4.69) is 14.9 Å². The van der Waals surface area contributed by atoms with Gasteiger partial charge in [-0.15, -0.1) is 0 Å². The standard InChI is InChI=1S/C13H17N3O/c1-17-10-4-5-11-12(8-10)15-13(14-11)9-16-6-2-3-7-16/h4-5,8H,2-3,6-7,9H2,1H3,(H,14,15). The molecule has 0 atom stereocenters. The fourth-order valence-electron chi connectivity index (χ4n) is 2.40. The molecule has 1 N–H and O–H groups in total. The van der Waals surface area contributed by atoms with E-state index in [0.29, 0.717) is 0 Å². The number of fused-ring (bicyclic) bond motifs is 1. The maximum absolute atomic E-state index is 5.21. The summed E-state index contributed by atoms with van der Waals surface area (Å²) in [5.74, 6) is 1.92. The molecule has 90 valence electrons. The van der Waals surface area contributed by atoms with Crippen LogP contribution in [0.4, 0.5) is 0 Å². The molecule has 0 aliphatic carbocycles. The predicted molar refractivity (Wildman–Crippen MR) is 67.2 cm³/mol. The van der Waals surface area contributed by atoms with E-state index in [9.17, 15) is 0 Å². The van der Waals surface area contributed by atoms with Crippen LogP contribution in [0, 0.1) is 0 Å². The highest BCUT2D eigenvalue weighted by Crippen LogP contribution is 2.20. The Labute approximate surface area is 101 Å². The minimum Gasteiger partial charge on any atom is -0.497 e. The van der Waals surface area contributed by atoms with Gasteiger partial charge in [-0.1, -0.05) is 0 Å². The van der Waals surface area contributed by atoms with Gasteiger partial charge in [-0.25, -0.2) is 4.98 Å². The average Bonchev–Trinajstić information content (AvgIpc) is 2.96. The first-order valence-corrected chi connectivity index (χ1v) is 6.10. The van der Waals surface area contributed by atoms with Crippen molar-refractivity contribution in [1.29, 1.82) is 0 Å². The third-order valence-electron chi connectivity index (χ3n) is 3.31. The largest absolute Gasteiger partial charge is 0.497 e. The summed E-state index contributed by atoms with van der Waals surface area (Å²) >= 11 is 0. The number of benzene rings is 1. The van der Waals surface area contributed by atoms with Crippen molar-refractivity contribution in [2.24, 2.45) is 0 Å². The minimum absolute atomic E-state index is 0.869. The number of imidazole rings is 1. The van der Waals surface area contributed by atoms with Gasteiger partial charge in [-0.2, -0.15) is 0 Å². The molecule has 0 saturated carbocycles. The summed E-state index contributed by atoms with van der Waals surface area (Å²) < 4.78 is 5.21. The Morgan fingerprint density at radius 2 is 2.18 bits per heavy atom. The molecule has 1 aliphatic rings. The van der Waals surface area contributed by atoms with Gasteiger partial charge in [0.2, 0.25) is 0 Å². The second kappa shape index (κ2) is 4.37. The first kappa shape index (κ1) is 10.6. The third kappa shape index (κ3) is 2.13. The molecular formula is C13H17N3O. The van der Waals surface area contributed by atoms with Gasteiger partial charge in [0.25, 0.3) is 0 Å². The first-order chi connectivity index (χ1) is 8.35. The van der Waals surface area contributed by atoms with Crippen LogP contribution < -0.4 is 4.74 Å². The van der Waals surface area contributed by atoms with E-state index < -0.39 is 0 Å². The van der Waals surface area contributed by atoms with Gasteiger partial charge < -0.3 is 9.72 Å². The van der Waals surface area contributed by atoms with Crippen LogP contribution >= 0.6 is 0 Å². The Morgan fingerprint density at radius 3 is 2.94 bits per heavy atom. The van der Waals surface area contributed by atoms with Crippen molar-refractivity contribution < 1.29 is 4.74 Å². The lowest BCUT2D eigenvalue weighted by Gasteiger charge is -2.11. The average molecular weight is 231 g/mol. The Balaban J connectivity index is 1.85. The van der Waals surface area contributed by atoms with E-state index in [1.54, 1.807) is 7.11 Å². The molecule has 0 amide bonds. The van der Waals surface area contributed by atoms with E-state index in [1.807, 2.05) is 18.2 Å². The predicted octanol–water partition coefficient (Wildman–Crippen LogP) is 2.17. The van der Waals surface area contributed by atoms with Crippen LogP contribution in [0.1, 0.15) is 18.7 Å². The van der Waals surface area contributed by atoms with Crippen molar-refractivity contribution in [3.8, 4) is 5.75 Å². The summed E-state index contributed by atoms with van der Waals surface area (Å²) in [5, 5.41) is 0. The smallest absolute Gasteiger partial charge is 0.121 e. The lowest BCUT2D eigenvalue weighted by Crippen LogP contribution is -2.19. The summed E-state index contributed by atoms with van der Waals surface area (Å²) in [6.45, 7) is 3.32. The van der Waals surface area contributed by atoms with Crippen molar-refractivity contribution in [1.82, 2.24) is 14.9 Å². The molecule has 1 fully saturated rings. The number of ether oxygens (including phenoxy) is 1. The van der Waals surface area contributed by atoms with Crippen LogP contribution in [-0.4, -0.2) is 35.1 Å². The Hall–Kier alpha value is -1.55. The number of aromatic amines is 1. The number of likely N-dealkylation sites (tertiary alicyclic amines) is 1. The van der Waals surface area contributed by atoms with Gasteiger partial charge in [0.1, 0.15) is 11.6 Å². The fourth-order valence-corrected chi connectivity index (χ4v) is 2.40. The quantitative estimate of drug-likeness (QED) is 0.880. The molecule has 4 nitrogen and oxygen atoms in total. The number of nitrogens with zero attached hydrogens (tertiary/aromatic N) is 2. The Kier molecular flexibility index (Phi) is 2.73. The van der Waals surface area contributed by atoms with E-state index in [-0.39, 0.29) is 0 Å². The maximum atomic E-state index is 5.21. The van der Waals surface area contributed by atoms with Gasteiger partial charge in [0.15, 0.2) is 0 Å². The van der Waals surface area contributed by atoms with E-state index in [0.717, 1.165) is 29.2 Å². The first-order valence-electron chi connectivity index (χ1n) is 6.10. The highest BCUT2D eigenvalue weighted by atomic mass is 16.5. The monoisotopic (exact) mass is 231 g/mol. The van der Waals surface area contributed by atoms with Gasteiger partial charge in [-0.3, -0.25) is 4.90 Å². The molecule has 1 aromatic heterocycles. The van der Waals surface area contributed by atoms with Crippen LogP contribution in [0.5, 0.6) is 5.75 Å². The molecule has 4 heteroatoms. The summed E-state index contributed by atoms with van der Waals surface area (Å²) in [4.78, 5) is 10.4. The molecule has 2 aromatic rings. The molecule has 2 heterocycles. The van der Waals surface area contributed by atoms with Gasteiger partial charge in [-0.05, 0) is 38.1 Å². The van der Waals surface area contributed by atoms with Crippen LogP contribution in [0.2, 0.25) is 0 Å². The zero-order chi connectivity index (χ0) is 11.7. The normalized spacial score (nSPS) is 16.8. The highest BCUT2D eigenvalue weighted by Gasteiger charge is 2.13. The molecular weight excluding hydrogens is 214 g/mol. The topological polar surface area (TPSA) is 41.1 Å². The van der Waals surface area contributed by atoms with Gasteiger partial charge >= 0.3 is 0 Å². The summed E-state index contributed by atoms with van der Waals surface area (Å²) in [5.41, 5.74) is 2.07. The van der Waals surface area contributed by atoms with E-state index >= 15 is 0 Å². The Bertz CT molecular complexity index is 514. The number of methoxy groups -OCH3 is 1. The zero-order valence-corrected chi connectivity index (χ0v) is 10.1. The van der Waals surface area contributed by atoms with Crippen LogP contribution in [0.15, 0.2) is 18.2 Å². The SMILES string of the molecule is COc1ccc2nc(CN3CCCC3)[nH]c2c1. The number of nitrogens with one attached hydrogen (secondary N) is 1. The second-order valence-corrected chi connectivity index (χ2v) is 4.55. The zero-order valence-electron chi connectivity index (χ0n) is 10.1. The van der Waals surface area contributed by atoms with Gasteiger partial charge in [0, 0.05) is 6.07 Å². The molecule has 1 aliphatic heterocycles. The lowest BCUT2D eigenvalue weighted by atomic mass is 10.3. The van der Waals surface area contributed by atoms with Crippen LogP contribution in [0.3, 0.4) is 0 Å². The van der Waals surface area contributed by atoms with Crippen LogP contribution in [-0.2, 0) is 6.54 Å². The fraction of sp³-hybridized carbons (Fsp3) is 0.462. The summed E-state index contributed by atoms with van der Waals surface area (Å²) in [6.07, 6.45) is 2.63. The number of hydrogen-bond donors (Lipinski definition) is 1. The highest BCUT2D eigenvalue weighted by molar-refractivity contribution is 5.76. The Morgan fingerprint density at radius 1 is 1.35 bits per heavy atom. The maximum Gasteiger partial charge on any atom is 0.121 e. The van der Waals surface area contributed by atoms with Gasteiger partial charge in [0.05, 0.1) is 24.7 Å². The minimum atomic E-state index is 0.869. The summed E-state index contributed by atoms with van der Waals surface area (Å²) in [7, 11) is 1.68. The lowest BCUT2D eigenvalue weighted by molar-refractivity contribution is 0.324. The number of aromatic nitrogens is 2. The van der Waals surface area contributed by atoms with Crippen molar-refractivity contribution in [2.45, 2.75) is 19.4 Å². The summed E-state index contributed by atoms with van der Waals surface area (Å²) in [6, 6.07) is 5.94. The molecule has 17 heavy (non-hydrogen) atoms. The molecule has 1 saturated heterocycles. The number of rotatable bonds is 3. The van der Waals surface area contributed by atoms with Crippen molar-refractivity contribution >= 4 is 11.0 Å². The molecule has 0 spiro atoms. The van der Waals surface area contributed by atoms with E-state index in [4.69, 9.17) is 4.74 Å². The molecule has 0 radical (unpaired) electrons. The molecule has 1 aromatic carbocycles. The number of H-pyrrole nitrogens is 1. The van der Waals surface area contributed by atoms with Crippen molar-refractivity contribution in [3.05, 3.63) is 24.0 Å². The molecule has 3 rings (SSSR count).